The normalized spacial score (nSPS) is 11.1. The molecule has 3 aromatic carbocycles. The van der Waals surface area contributed by atoms with Crippen molar-refractivity contribution in [2.75, 3.05) is 24.8 Å². The molecule has 0 unspecified atom stereocenters. The lowest BCUT2D eigenvalue weighted by atomic mass is 10.1. The van der Waals surface area contributed by atoms with Gasteiger partial charge in [-0.25, -0.2) is 4.98 Å². The van der Waals surface area contributed by atoms with E-state index in [4.69, 9.17) is 4.74 Å². The largest absolute Gasteiger partial charge is 0.385 e. The number of ether oxygens (including phenoxy) is 1. The molecule has 0 saturated heterocycles. The summed E-state index contributed by atoms with van der Waals surface area (Å²) in [6, 6.07) is 21.1. The summed E-state index contributed by atoms with van der Waals surface area (Å²) in [4.78, 5) is 30.2. The van der Waals surface area contributed by atoms with Gasteiger partial charge in [-0.05, 0) is 41.5 Å². The van der Waals surface area contributed by atoms with E-state index in [9.17, 15) is 9.59 Å². The molecule has 6 nitrogen and oxygen atoms in total. The van der Waals surface area contributed by atoms with Crippen molar-refractivity contribution >= 4 is 45.0 Å². The van der Waals surface area contributed by atoms with E-state index in [-0.39, 0.29) is 17.2 Å². The summed E-state index contributed by atoms with van der Waals surface area (Å²) < 4.78 is 6.75. The Morgan fingerprint density at radius 3 is 2.68 bits per heavy atom. The SMILES string of the molecule is COCCCn1c(SCC(=O)Nc2ccc3ccccc3c2)nc2ccccc2c1=O. The molecule has 0 spiro atoms. The van der Waals surface area contributed by atoms with Gasteiger partial charge in [0.25, 0.3) is 5.56 Å². The van der Waals surface area contributed by atoms with Crippen LogP contribution in [0, 0.1) is 0 Å². The fourth-order valence-corrected chi connectivity index (χ4v) is 4.24. The molecular formula is C24H23N3O3S. The number of carbonyl (C=O) groups excluding carboxylic acids is 1. The third-order valence-electron chi connectivity index (χ3n) is 4.92. The second kappa shape index (κ2) is 9.76. The van der Waals surface area contributed by atoms with E-state index >= 15 is 0 Å². The van der Waals surface area contributed by atoms with E-state index in [1.54, 1.807) is 17.7 Å². The van der Waals surface area contributed by atoms with Gasteiger partial charge in [0.05, 0.1) is 16.7 Å². The van der Waals surface area contributed by atoms with Gasteiger partial charge in [-0.1, -0.05) is 54.2 Å². The van der Waals surface area contributed by atoms with Crippen molar-refractivity contribution in [3.8, 4) is 0 Å². The van der Waals surface area contributed by atoms with Gasteiger partial charge in [-0.2, -0.15) is 0 Å². The fraction of sp³-hybridized carbons (Fsp3) is 0.208. The highest BCUT2D eigenvalue weighted by Crippen LogP contribution is 2.21. The van der Waals surface area contributed by atoms with Crippen LogP contribution in [0.4, 0.5) is 5.69 Å². The third-order valence-corrected chi connectivity index (χ3v) is 5.90. The molecule has 4 aromatic rings. The average Bonchev–Trinajstić information content (AvgIpc) is 2.79. The minimum atomic E-state index is -0.147. The summed E-state index contributed by atoms with van der Waals surface area (Å²) in [6.07, 6.45) is 0.688. The molecule has 0 saturated carbocycles. The maximum atomic E-state index is 13.0. The highest BCUT2D eigenvalue weighted by atomic mass is 32.2. The monoisotopic (exact) mass is 433 g/mol. The smallest absolute Gasteiger partial charge is 0.262 e. The van der Waals surface area contributed by atoms with E-state index < -0.39 is 0 Å². The predicted octanol–water partition coefficient (Wildman–Crippen LogP) is 4.32. The molecule has 0 aliphatic heterocycles. The number of anilines is 1. The standard InChI is InChI=1S/C24H23N3O3S/c1-30-14-6-13-27-23(29)20-9-4-5-10-21(20)26-24(27)31-16-22(28)25-19-12-11-17-7-2-3-8-18(17)15-19/h2-5,7-12,15H,6,13-14,16H2,1H3,(H,25,28). The number of para-hydroxylation sites is 1. The molecule has 1 amide bonds. The number of methoxy groups -OCH3 is 1. The summed E-state index contributed by atoms with van der Waals surface area (Å²) in [5.41, 5.74) is 1.28. The number of hydrogen-bond acceptors (Lipinski definition) is 5. The first-order chi connectivity index (χ1) is 15.2. The van der Waals surface area contributed by atoms with Crippen LogP contribution < -0.4 is 10.9 Å². The second-order valence-corrected chi connectivity index (χ2v) is 8.06. The minimum Gasteiger partial charge on any atom is -0.385 e. The average molecular weight is 434 g/mol. The second-order valence-electron chi connectivity index (χ2n) is 7.11. The Morgan fingerprint density at radius 1 is 1.06 bits per heavy atom. The van der Waals surface area contributed by atoms with Crippen molar-refractivity contribution in [3.05, 3.63) is 77.1 Å². The Hall–Kier alpha value is -3.16. The molecule has 1 N–H and O–H groups in total. The molecular weight excluding hydrogens is 410 g/mol. The number of thioether (sulfide) groups is 1. The Kier molecular flexibility index (Phi) is 6.64. The van der Waals surface area contributed by atoms with Crippen molar-refractivity contribution < 1.29 is 9.53 Å². The molecule has 1 aromatic heterocycles. The first-order valence-corrected chi connectivity index (χ1v) is 11.0. The summed E-state index contributed by atoms with van der Waals surface area (Å²) in [5.74, 6) is 0.00755. The molecule has 0 aliphatic carbocycles. The van der Waals surface area contributed by atoms with Crippen molar-refractivity contribution in [2.24, 2.45) is 0 Å². The minimum absolute atomic E-state index is 0.0980. The van der Waals surface area contributed by atoms with Crippen LogP contribution in [0.3, 0.4) is 0 Å². The number of carbonyl (C=O) groups is 1. The van der Waals surface area contributed by atoms with Crippen LogP contribution in [0.5, 0.6) is 0 Å². The Balaban J connectivity index is 1.51. The van der Waals surface area contributed by atoms with Gasteiger partial charge in [-0.15, -0.1) is 0 Å². The van der Waals surface area contributed by atoms with Gasteiger partial charge < -0.3 is 10.1 Å². The van der Waals surface area contributed by atoms with Gasteiger partial charge in [0.1, 0.15) is 0 Å². The molecule has 31 heavy (non-hydrogen) atoms. The zero-order valence-electron chi connectivity index (χ0n) is 17.2. The van der Waals surface area contributed by atoms with Gasteiger partial charge in [-0.3, -0.25) is 14.2 Å². The summed E-state index contributed by atoms with van der Waals surface area (Å²) >= 11 is 1.26. The van der Waals surface area contributed by atoms with E-state index in [0.29, 0.717) is 35.6 Å². The van der Waals surface area contributed by atoms with Crippen molar-refractivity contribution in [2.45, 2.75) is 18.1 Å². The number of amides is 1. The number of fused-ring (bicyclic) bond motifs is 2. The van der Waals surface area contributed by atoms with Crippen molar-refractivity contribution in [3.63, 3.8) is 0 Å². The Morgan fingerprint density at radius 2 is 1.84 bits per heavy atom. The van der Waals surface area contributed by atoms with E-state index in [2.05, 4.69) is 10.3 Å². The maximum absolute atomic E-state index is 13.0. The van der Waals surface area contributed by atoms with Gasteiger partial charge in [0.2, 0.25) is 5.91 Å². The van der Waals surface area contributed by atoms with Crippen LogP contribution >= 0.6 is 11.8 Å². The third kappa shape index (κ3) is 4.95. The zero-order chi connectivity index (χ0) is 21.6. The number of benzene rings is 3. The lowest BCUT2D eigenvalue weighted by molar-refractivity contribution is -0.113. The molecule has 0 atom stereocenters. The van der Waals surface area contributed by atoms with Crippen LogP contribution in [0.1, 0.15) is 6.42 Å². The van der Waals surface area contributed by atoms with Crippen molar-refractivity contribution in [1.29, 1.82) is 0 Å². The van der Waals surface area contributed by atoms with Crippen molar-refractivity contribution in [1.82, 2.24) is 9.55 Å². The van der Waals surface area contributed by atoms with Crippen LogP contribution in [0.2, 0.25) is 0 Å². The summed E-state index contributed by atoms with van der Waals surface area (Å²) in [5, 5.41) is 6.23. The molecule has 0 fully saturated rings. The van der Waals surface area contributed by atoms with Gasteiger partial charge in [0, 0.05) is 25.9 Å². The maximum Gasteiger partial charge on any atom is 0.262 e. The quantitative estimate of drug-likeness (QED) is 0.255. The number of nitrogens with zero attached hydrogens (tertiary/aromatic N) is 2. The fourth-order valence-electron chi connectivity index (χ4n) is 3.42. The lowest BCUT2D eigenvalue weighted by Gasteiger charge is -2.13. The highest BCUT2D eigenvalue weighted by Gasteiger charge is 2.13. The van der Waals surface area contributed by atoms with E-state index in [0.717, 1.165) is 16.5 Å². The highest BCUT2D eigenvalue weighted by molar-refractivity contribution is 7.99. The topological polar surface area (TPSA) is 73.2 Å². The van der Waals surface area contributed by atoms with Crippen LogP contribution in [-0.2, 0) is 16.1 Å². The lowest BCUT2D eigenvalue weighted by Crippen LogP contribution is -2.25. The number of hydrogen-bond donors (Lipinski definition) is 1. The molecule has 4 rings (SSSR count). The molecule has 0 radical (unpaired) electrons. The summed E-state index contributed by atoms with van der Waals surface area (Å²) in [6.45, 7) is 1.03. The van der Waals surface area contributed by atoms with E-state index in [1.807, 2.05) is 60.7 Å². The van der Waals surface area contributed by atoms with Crippen LogP contribution in [-0.4, -0.2) is 34.9 Å². The number of rotatable bonds is 8. The predicted molar refractivity (Wildman–Crippen MR) is 126 cm³/mol. The molecule has 1 heterocycles. The Labute approximate surface area is 184 Å². The first kappa shape index (κ1) is 21.1. The Bertz CT molecular complexity index is 1290. The van der Waals surface area contributed by atoms with Gasteiger partial charge in [0.15, 0.2) is 5.16 Å². The zero-order valence-corrected chi connectivity index (χ0v) is 18.0. The molecule has 158 valence electrons. The van der Waals surface area contributed by atoms with Crippen LogP contribution in [0.15, 0.2) is 76.7 Å². The molecule has 7 heteroatoms. The molecule has 0 aliphatic rings. The number of aromatic nitrogens is 2. The first-order valence-electron chi connectivity index (χ1n) is 10.1. The number of nitrogens with one attached hydrogen (secondary N) is 1. The van der Waals surface area contributed by atoms with Crippen LogP contribution in [0.25, 0.3) is 21.7 Å². The van der Waals surface area contributed by atoms with E-state index in [1.165, 1.54) is 11.8 Å². The summed E-state index contributed by atoms with van der Waals surface area (Å²) in [7, 11) is 1.63. The van der Waals surface area contributed by atoms with Gasteiger partial charge >= 0.3 is 0 Å². The molecule has 0 bridgehead atoms.